The Morgan fingerprint density at radius 2 is 2.00 bits per heavy atom. The quantitative estimate of drug-likeness (QED) is 0.515. The van der Waals surface area contributed by atoms with E-state index in [1.807, 2.05) is 11.3 Å². The van der Waals surface area contributed by atoms with Gasteiger partial charge in [0.2, 0.25) is 0 Å². The highest BCUT2D eigenvalue weighted by atomic mass is 32.1. The summed E-state index contributed by atoms with van der Waals surface area (Å²) >= 11 is 1.85. The van der Waals surface area contributed by atoms with Gasteiger partial charge in [-0.1, -0.05) is 24.6 Å². The van der Waals surface area contributed by atoms with Crippen LogP contribution in [0.25, 0.3) is 15.9 Å². The molecule has 26 heavy (non-hydrogen) atoms. The molecular weight excluding hydrogens is 340 g/mol. The summed E-state index contributed by atoms with van der Waals surface area (Å²) in [6.45, 7) is 4.13. The van der Waals surface area contributed by atoms with Gasteiger partial charge < -0.3 is 4.40 Å². The molecule has 1 aliphatic heterocycles. The standard InChI is InChI=1S/C21H22N4S/c1-15-9-10-20-22-16(14-25(20)12-15)13-24-11-5-4-7-18(24)21-23-17-6-2-3-8-19(17)26-21/h2-3,6,8-10,12,14,18H,4-5,7,11,13H2,1H3. The first kappa shape index (κ1) is 16.0. The molecular formula is C21H22N4S. The van der Waals surface area contributed by atoms with Crippen molar-refractivity contribution < 1.29 is 0 Å². The van der Waals surface area contributed by atoms with Crippen LogP contribution in [0.1, 0.15) is 41.6 Å². The molecule has 0 bridgehead atoms. The number of rotatable bonds is 3. The Morgan fingerprint density at radius 1 is 1.08 bits per heavy atom. The van der Waals surface area contributed by atoms with Crippen LogP contribution in [0.5, 0.6) is 0 Å². The zero-order valence-electron chi connectivity index (χ0n) is 14.9. The summed E-state index contributed by atoms with van der Waals surface area (Å²) in [6, 6.07) is 13.1. The molecule has 1 aromatic carbocycles. The lowest BCUT2D eigenvalue weighted by Gasteiger charge is -2.33. The third-order valence-electron chi connectivity index (χ3n) is 5.22. The predicted molar refractivity (Wildman–Crippen MR) is 107 cm³/mol. The highest BCUT2D eigenvalue weighted by Gasteiger charge is 2.27. The van der Waals surface area contributed by atoms with Crippen LogP contribution in [0.3, 0.4) is 0 Å². The van der Waals surface area contributed by atoms with Gasteiger partial charge in [0.1, 0.15) is 10.7 Å². The molecule has 4 heterocycles. The molecule has 0 N–H and O–H groups in total. The molecule has 4 nitrogen and oxygen atoms in total. The van der Waals surface area contributed by atoms with E-state index in [0.29, 0.717) is 6.04 Å². The number of piperidine rings is 1. The van der Waals surface area contributed by atoms with Crippen molar-refractivity contribution >= 4 is 27.2 Å². The summed E-state index contributed by atoms with van der Waals surface area (Å²) in [4.78, 5) is 12.3. The lowest BCUT2D eigenvalue weighted by atomic mass is 10.0. The van der Waals surface area contributed by atoms with E-state index in [4.69, 9.17) is 9.97 Å². The number of aromatic nitrogens is 3. The predicted octanol–water partition coefficient (Wildman–Crippen LogP) is 4.98. The molecule has 0 spiro atoms. The SMILES string of the molecule is Cc1ccc2nc(CN3CCCCC3c3nc4ccccc4s3)cn2c1. The summed E-state index contributed by atoms with van der Waals surface area (Å²) in [5, 5.41) is 1.26. The molecule has 5 rings (SSSR count). The Hall–Kier alpha value is -2.24. The number of aryl methyl sites for hydroxylation is 1. The van der Waals surface area contributed by atoms with E-state index in [9.17, 15) is 0 Å². The number of benzene rings is 1. The van der Waals surface area contributed by atoms with Crippen molar-refractivity contribution in [2.75, 3.05) is 6.54 Å². The van der Waals surface area contributed by atoms with Crippen molar-refractivity contribution in [3.05, 3.63) is 65.1 Å². The number of fused-ring (bicyclic) bond motifs is 2. The number of hydrogen-bond donors (Lipinski definition) is 0. The van der Waals surface area contributed by atoms with Gasteiger partial charge in [-0.15, -0.1) is 11.3 Å². The number of hydrogen-bond acceptors (Lipinski definition) is 4. The largest absolute Gasteiger partial charge is 0.307 e. The Balaban J connectivity index is 1.45. The zero-order valence-corrected chi connectivity index (χ0v) is 15.7. The summed E-state index contributed by atoms with van der Waals surface area (Å²) in [5.74, 6) is 0. The van der Waals surface area contributed by atoms with Crippen molar-refractivity contribution in [1.82, 2.24) is 19.3 Å². The van der Waals surface area contributed by atoms with E-state index in [2.05, 4.69) is 65.0 Å². The summed E-state index contributed by atoms with van der Waals surface area (Å²) in [7, 11) is 0. The van der Waals surface area contributed by atoms with Gasteiger partial charge in [0.05, 0.1) is 22.0 Å². The average Bonchev–Trinajstić information content (AvgIpc) is 3.25. The number of para-hydroxylation sites is 1. The summed E-state index contributed by atoms with van der Waals surface area (Å²) < 4.78 is 3.43. The topological polar surface area (TPSA) is 33.4 Å². The van der Waals surface area contributed by atoms with Crippen molar-refractivity contribution in [1.29, 1.82) is 0 Å². The van der Waals surface area contributed by atoms with Crippen molar-refractivity contribution in [2.24, 2.45) is 0 Å². The first-order chi connectivity index (χ1) is 12.8. The van der Waals surface area contributed by atoms with E-state index in [0.717, 1.165) is 29.9 Å². The number of thiazole rings is 1. The van der Waals surface area contributed by atoms with Crippen LogP contribution in [-0.2, 0) is 6.54 Å². The van der Waals surface area contributed by atoms with Gasteiger partial charge in [0.25, 0.3) is 0 Å². The smallest absolute Gasteiger partial charge is 0.137 e. The molecule has 1 unspecified atom stereocenters. The number of imidazole rings is 1. The van der Waals surface area contributed by atoms with Crippen LogP contribution in [0.2, 0.25) is 0 Å². The third-order valence-corrected chi connectivity index (χ3v) is 6.36. The van der Waals surface area contributed by atoms with E-state index < -0.39 is 0 Å². The Morgan fingerprint density at radius 3 is 2.92 bits per heavy atom. The van der Waals surface area contributed by atoms with Crippen LogP contribution in [-0.4, -0.2) is 25.8 Å². The molecule has 1 fully saturated rings. The summed E-state index contributed by atoms with van der Waals surface area (Å²) in [5.41, 5.74) is 4.55. The molecule has 1 saturated heterocycles. The maximum Gasteiger partial charge on any atom is 0.137 e. The molecule has 0 amide bonds. The van der Waals surface area contributed by atoms with E-state index in [1.165, 1.54) is 34.5 Å². The first-order valence-corrected chi connectivity index (χ1v) is 10.1. The fraction of sp³-hybridized carbons (Fsp3) is 0.333. The van der Waals surface area contributed by atoms with Gasteiger partial charge in [-0.3, -0.25) is 4.90 Å². The van der Waals surface area contributed by atoms with Gasteiger partial charge in [-0.25, -0.2) is 9.97 Å². The van der Waals surface area contributed by atoms with E-state index in [1.54, 1.807) is 0 Å². The number of pyridine rings is 1. The average molecular weight is 363 g/mol. The molecule has 5 heteroatoms. The van der Waals surface area contributed by atoms with E-state index in [-0.39, 0.29) is 0 Å². The van der Waals surface area contributed by atoms with Crippen molar-refractivity contribution in [3.8, 4) is 0 Å². The number of nitrogens with zero attached hydrogens (tertiary/aromatic N) is 4. The molecule has 3 aromatic heterocycles. The summed E-state index contributed by atoms with van der Waals surface area (Å²) in [6.07, 6.45) is 8.04. The van der Waals surface area contributed by atoms with Gasteiger partial charge in [0.15, 0.2) is 0 Å². The van der Waals surface area contributed by atoms with Crippen molar-refractivity contribution in [3.63, 3.8) is 0 Å². The lowest BCUT2D eigenvalue weighted by Crippen LogP contribution is -2.33. The first-order valence-electron chi connectivity index (χ1n) is 9.30. The Bertz CT molecular complexity index is 1030. The van der Waals surface area contributed by atoms with Crippen LogP contribution in [0, 0.1) is 6.92 Å². The number of likely N-dealkylation sites (tertiary alicyclic amines) is 1. The van der Waals surface area contributed by atoms with Gasteiger partial charge in [-0.2, -0.15) is 0 Å². The molecule has 1 atom stereocenters. The second-order valence-electron chi connectivity index (χ2n) is 7.21. The Kier molecular flexibility index (Phi) is 3.98. The monoisotopic (exact) mass is 362 g/mol. The minimum Gasteiger partial charge on any atom is -0.307 e. The fourth-order valence-electron chi connectivity index (χ4n) is 3.93. The molecule has 0 radical (unpaired) electrons. The molecule has 1 aliphatic rings. The second-order valence-corrected chi connectivity index (χ2v) is 8.27. The van der Waals surface area contributed by atoms with Crippen LogP contribution in [0.15, 0.2) is 48.8 Å². The minimum atomic E-state index is 0.410. The third kappa shape index (κ3) is 2.91. The van der Waals surface area contributed by atoms with Gasteiger partial charge in [-0.05, 0) is 50.1 Å². The second kappa shape index (κ2) is 6.49. The maximum atomic E-state index is 4.93. The molecule has 0 saturated carbocycles. The molecule has 132 valence electrons. The lowest BCUT2D eigenvalue weighted by molar-refractivity contribution is 0.139. The van der Waals surface area contributed by atoms with Crippen LogP contribution >= 0.6 is 11.3 Å². The maximum absolute atomic E-state index is 4.93. The molecule has 0 aliphatic carbocycles. The van der Waals surface area contributed by atoms with Gasteiger partial charge in [0, 0.05) is 18.9 Å². The normalized spacial score (nSPS) is 18.7. The zero-order chi connectivity index (χ0) is 17.5. The van der Waals surface area contributed by atoms with Crippen LogP contribution in [0.4, 0.5) is 0 Å². The fourth-order valence-corrected chi connectivity index (χ4v) is 5.07. The Labute approximate surface area is 157 Å². The minimum absolute atomic E-state index is 0.410. The van der Waals surface area contributed by atoms with Crippen LogP contribution < -0.4 is 0 Å². The van der Waals surface area contributed by atoms with E-state index >= 15 is 0 Å². The van der Waals surface area contributed by atoms with Gasteiger partial charge >= 0.3 is 0 Å². The highest BCUT2D eigenvalue weighted by molar-refractivity contribution is 7.18. The highest BCUT2D eigenvalue weighted by Crippen LogP contribution is 2.36. The van der Waals surface area contributed by atoms with Crippen molar-refractivity contribution in [2.45, 2.75) is 38.8 Å². The molecule has 4 aromatic rings.